The number of alkyl halides is 3. The van der Waals surface area contributed by atoms with Crippen molar-refractivity contribution in [2.75, 3.05) is 7.05 Å². The van der Waals surface area contributed by atoms with Gasteiger partial charge in [0.2, 0.25) is 0 Å². The molecule has 0 aromatic rings. The molecule has 2 N–H and O–H groups in total. The normalized spacial score (nSPS) is 20.3. The summed E-state index contributed by atoms with van der Waals surface area (Å²) in [6, 6.07) is 0. The summed E-state index contributed by atoms with van der Waals surface area (Å²) in [6.07, 6.45) is 2.75. The molecule has 0 saturated carbocycles. The van der Waals surface area contributed by atoms with Crippen LogP contribution in [0.3, 0.4) is 0 Å². The fourth-order valence-corrected chi connectivity index (χ4v) is 1.81. The van der Waals surface area contributed by atoms with Crippen LogP contribution < -0.4 is 0 Å². The first-order chi connectivity index (χ1) is 8.18. The van der Waals surface area contributed by atoms with Gasteiger partial charge in [-0.05, 0) is 0 Å². The van der Waals surface area contributed by atoms with Crippen LogP contribution in [-0.4, -0.2) is 53.2 Å². The molecule has 0 radical (unpaired) electrons. The Morgan fingerprint density at radius 2 is 1.53 bits per heavy atom. The van der Waals surface area contributed by atoms with E-state index in [9.17, 15) is 21.6 Å². The first-order valence-corrected chi connectivity index (χ1v) is 7.41. The minimum Gasteiger partial charge on any atom is -0.350 e. The number of hydrogen-bond donors (Lipinski definition) is 3. The Labute approximate surface area is 112 Å². The van der Waals surface area contributed by atoms with Gasteiger partial charge in [-0.2, -0.15) is 30.0 Å². The number of rotatable bonds is 1. The third-order valence-electron chi connectivity index (χ3n) is 1.60. The van der Waals surface area contributed by atoms with Crippen LogP contribution in [0, 0.1) is 0 Å². The molecule has 14 heteroatoms. The number of hydrogen-bond acceptors (Lipinski definition) is 6. The fourth-order valence-electron chi connectivity index (χ4n) is 0.700. The van der Waals surface area contributed by atoms with Crippen LogP contribution in [0.2, 0.25) is 0 Å². The quantitative estimate of drug-likeness (QED) is 0.351. The summed E-state index contributed by atoms with van der Waals surface area (Å²) in [7, 11) is -8.34. The van der Waals surface area contributed by atoms with Gasteiger partial charge in [0, 0.05) is 19.4 Å². The maximum atomic E-state index is 10.7. The smallest absolute Gasteiger partial charge is 0.350 e. The highest BCUT2D eigenvalue weighted by Crippen LogP contribution is 2.20. The maximum Gasteiger partial charge on any atom is 0.522 e. The fraction of sp³-hybridized carbons (Fsp3) is 0.600. The second-order valence-electron chi connectivity index (χ2n) is 3.04. The third-order valence-corrected chi connectivity index (χ3v) is 3.81. The number of nitrogens with zero attached hydrogens (tertiary/aromatic N) is 2. The zero-order valence-corrected chi connectivity index (χ0v) is 11.6. The van der Waals surface area contributed by atoms with E-state index >= 15 is 0 Å². The molecule has 1 aliphatic rings. The first kappa shape index (κ1) is 18.3. The molecule has 0 fully saturated rings. The van der Waals surface area contributed by atoms with E-state index in [0.717, 1.165) is 4.31 Å². The van der Waals surface area contributed by atoms with Gasteiger partial charge in [0.25, 0.3) is 0 Å². The molecule has 1 rings (SSSR count). The second kappa shape index (κ2) is 5.74. The van der Waals surface area contributed by atoms with Crippen LogP contribution >= 0.6 is 12.6 Å². The van der Waals surface area contributed by atoms with Crippen LogP contribution in [0.1, 0.15) is 0 Å². The van der Waals surface area contributed by atoms with E-state index in [1.165, 1.54) is 17.3 Å². The molecule has 0 saturated heterocycles. The lowest BCUT2D eigenvalue weighted by Gasteiger charge is -2.22. The van der Waals surface area contributed by atoms with Crippen molar-refractivity contribution in [2.24, 2.45) is 0 Å². The maximum absolute atomic E-state index is 10.7. The highest BCUT2D eigenvalue weighted by molar-refractivity contribution is 7.86. The highest BCUT2D eigenvalue weighted by atomic mass is 32.2. The molecule has 1 heterocycles. The van der Waals surface area contributed by atoms with Crippen molar-refractivity contribution in [1.29, 1.82) is 0 Å². The van der Waals surface area contributed by atoms with Gasteiger partial charge in [0.05, 0.1) is 0 Å². The molecule has 0 aromatic carbocycles. The summed E-state index contributed by atoms with van der Waals surface area (Å²) in [6.45, 7) is 0. The van der Waals surface area contributed by atoms with E-state index in [4.69, 9.17) is 17.5 Å². The van der Waals surface area contributed by atoms with E-state index < -0.39 is 31.4 Å². The molecule has 8 nitrogen and oxygen atoms in total. The molecular formula is C5H9F3N2O6S3. The van der Waals surface area contributed by atoms with Crippen LogP contribution in [0.4, 0.5) is 13.2 Å². The van der Waals surface area contributed by atoms with Crippen molar-refractivity contribution in [3.8, 4) is 0 Å². The topological polar surface area (TPSA) is 115 Å². The van der Waals surface area contributed by atoms with E-state index in [0.29, 0.717) is 0 Å². The van der Waals surface area contributed by atoms with Crippen LogP contribution in [0.5, 0.6) is 0 Å². The molecular weight excluding hydrogens is 337 g/mol. The Balaban J connectivity index is 0.000000362. The largest absolute Gasteiger partial charge is 0.522 e. The van der Waals surface area contributed by atoms with Gasteiger partial charge in [0.15, 0.2) is 5.50 Å². The first-order valence-electron chi connectivity index (χ1n) is 4.06. The summed E-state index contributed by atoms with van der Waals surface area (Å²) in [5.41, 5.74) is -6.18. The lowest BCUT2D eigenvalue weighted by molar-refractivity contribution is -0.0510. The molecule has 0 aliphatic carbocycles. The van der Waals surface area contributed by atoms with Crippen molar-refractivity contribution >= 4 is 33.1 Å². The van der Waals surface area contributed by atoms with Crippen molar-refractivity contribution in [3.63, 3.8) is 0 Å². The van der Waals surface area contributed by atoms with Gasteiger partial charge in [-0.25, -0.2) is 4.31 Å². The van der Waals surface area contributed by atoms with E-state index in [1.807, 2.05) is 0 Å². The van der Waals surface area contributed by atoms with E-state index in [1.54, 1.807) is 7.05 Å². The summed E-state index contributed by atoms with van der Waals surface area (Å²) in [5.74, 6) is 0. The van der Waals surface area contributed by atoms with Gasteiger partial charge in [-0.15, -0.1) is 12.6 Å². The van der Waals surface area contributed by atoms with Gasteiger partial charge >= 0.3 is 25.9 Å². The molecule has 1 aliphatic heterocycles. The van der Waals surface area contributed by atoms with Crippen molar-refractivity contribution in [1.82, 2.24) is 9.21 Å². The van der Waals surface area contributed by atoms with Crippen molar-refractivity contribution < 1.29 is 39.1 Å². The van der Waals surface area contributed by atoms with Gasteiger partial charge < -0.3 is 4.90 Å². The third kappa shape index (κ3) is 5.43. The molecule has 19 heavy (non-hydrogen) atoms. The predicted molar refractivity (Wildman–Crippen MR) is 60.7 cm³/mol. The summed E-state index contributed by atoms with van der Waals surface area (Å²) in [4.78, 5) is 1.54. The Kier molecular flexibility index (Phi) is 5.53. The van der Waals surface area contributed by atoms with Crippen molar-refractivity contribution in [2.45, 2.75) is 11.0 Å². The SMILES string of the molecule is CN1C=CN(S(=O)(=O)O)C1S.O=S(=O)(O)C(F)(F)F. The monoisotopic (exact) mass is 346 g/mol. The van der Waals surface area contributed by atoms with Gasteiger partial charge in [-0.1, -0.05) is 0 Å². The Morgan fingerprint density at radius 3 is 1.63 bits per heavy atom. The Morgan fingerprint density at radius 1 is 1.16 bits per heavy atom. The summed E-state index contributed by atoms with van der Waals surface area (Å²) in [5, 5.41) is 0. The number of thiol groups is 1. The lowest BCUT2D eigenvalue weighted by atomic mass is 10.9. The molecule has 1 atom stereocenters. The lowest BCUT2D eigenvalue weighted by Crippen LogP contribution is -2.35. The summed E-state index contributed by atoms with van der Waals surface area (Å²) >= 11 is 3.93. The Bertz CT molecular complexity index is 541. The molecule has 0 spiro atoms. The Hall–Kier alpha value is -0.700. The molecule has 114 valence electrons. The van der Waals surface area contributed by atoms with Crippen LogP contribution in [0.25, 0.3) is 0 Å². The van der Waals surface area contributed by atoms with Gasteiger partial charge in [-0.3, -0.25) is 9.11 Å². The molecule has 1 unspecified atom stereocenters. The summed E-state index contributed by atoms with van der Waals surface area (Å²) < 4.78 is 88.0. The number of halogens is 3. The molecule has 0 amide bonds. The minimum absolute atomic E-state index is 0.648. The zero-order chi connectivity index (χ0) is 15.6. The van der Waals surface area contributed by atoms with Crippen molar-refractivity contribution in [3.05, 3.63) is 12.4 Å². The predicted octanol–water partition coefficient (Wildman–Crippen LogP) is 0.115. The highest BCUT2D eigenvalue weighted by Gasteiger charge is 2.44. The molecule has 0 bridgehead atoms. The van der Waals surface area contributed by atoms with Crippen LogP contribution in [0.15, 0.2) is 12.4 Å². The average Bonchev–Trinajstić information content (AvgIpc) is 2.43. The molecule has 0 aromatic heterocycles. The average molecular weight is 346 g/mol. The van der Waals surface area contributed by atoms with Gasteiger partial charge in [0.1, 0.15) is 0 Å². The minimum atomic E-state index is -5.84. The van der Waals surface area contributed by atoms with E-state index in [-0.39, 0.29) is 0 Å². The van der Waals surface area contributed by atoms with Crippen LogP contribution in [-0.2, 0) is 20.4 Å². The second-order valence-corrected chi connectivity index (χ2v) is 6.23. The van der Waals surface area contributed by atoms with E-state index in [2.05, 4.69) is 12.6 Å². The zero-order valence-electron chi connectivity index (χ0n) is 9.05. The standard InChI is InChI=1S/C4H8N2O3S2.CHF3O3S/c1-5-2-3-6(4(5)10)11(7,8)9;2-1(3,4)8(5,6)7/h2-4,10H,1H3,(H,7,8,9);(H,5,6,7).